The minimum atomic E-state index is -0.403. The van der Waals surface area contributed by atoms with E-state index < -0.39 is 5.91 Å². The first kappa shape index (κ1) is 16.9. The molecule has 0 unspecified atom stereocenters. The van der Waals surface area contributed by atoms with Crippen LogP contribution in [0, 0.1) is 11.3 Å². The monoisotopic (exact) mass is 307 g/mol. The van der Waals surface area contributed by atoms with Gasteiger partial charge in [-0.25, -0.2) is 0 Å². The molecular formula is C15H18ClN3O2. The molecule has 1 amide bonds. The standard InChI is InChI=1S/C15H18ClN3O2/c1-3-4-7-18-15(20)11(9-17)10-19-13-8-12(16)5-6-14(13)21-2/h5-6,8,10,19H,3-4,7H2,1-2H3,(H,18,20)/b11-10-. The Labute approximate surface area is 129 Å². The van der Waals surface area contributed by atoms with Crippen LogP contribution >= 0.6 is 11.6 Å². The van der Waals surface area contributed by atoms with Gasteiger partial charge in [0.15, 0.2) is 0 Å². The fourth-order valence-electron chi connectivity index (χ4n) is 1.57. The van der Waals surface area contributed by atoms with Crippen molar-refractivity contribution in [2.75, 3.05) is 19.0 Å². The van der Waals surface area contributed by atoms with Gasteiger partial charge in [-0.2, -0.15) is 5.26 Å². The number of carbonyl (C=O) groups excluding carboxylic acids is 1. The maximum atomic E-state index is 11.8. The maximum absolute atomic E-state index is 11.8. The number of unbranched alkanes of at least 4 members (excludes halogenated alkanes) is 1. The second-order valence-electron chi connectivity index (χ2n) is 4.27. The van der Waals surface area contributed by atoms with Crippen LogP contribution < -0.4 is 15.4 Å². The van der Waals surface area contributed by atoms with Crippen LogP contribution in [0.15, 0.2) is 30.0 Å². The second kappa shape index (κ2) is 8.88. The molecule has 0 aromatic heterocycles. The van der Waals surface area contributed by atoms with E-state index in [1.807, 2.05) is 13.0 Å². The number of carbonyl (C=O) groups is 1. The zero-order valence-corrected chi connectivity index (χ0v) is 12.8. The van der Waals surface area contributed by atoms with Crippen molar-refractivity contribution in [1.82, 2.24) is 5.32 Å². The molecule has 1 aromatic carbocycles. The zero-order chi connectivity index (χ0) is 15.7. The van der Waals surface area contributed by atoms with Crippen LogP contribution in [-0.2, 0) is 4.79 Å². The molecule has 0 spiro atoms. The molecular weight excluding hydrogens is 290 g/mol. The van der Waals surface area contributed by atoms with Gasteiger partial charge in [0.1, 0.15) is 17.4 Å². The molecule has 0 atom stereocenters. The molecule has 0 radical (unpaired) electrons. The van der Waals surface area contributed by atoms with Crippen LogP contribution in [0.4, 0.5) is 5.69 Å². The van der Waals surface area contributed by atoms with Crippen molar-refractivity contribution in [2.24, 2.45) is 0 Å². The molecule has 0 aliphatic carbocycles. The van der Waals surface area contributed by atoms with Crippen molar-refractivity contribution in [3.8, 4) is 11.8 Å². The molecule has 0 bridgehead atoms. The number of rotatable bonds is 7. The Morgan fingerprint density at radius 2 is 2.29 bits per heavy atom. The first-order valence-corrected chi connectivity index (χ1v) is 6.98. The van der Waals surface area contributed by atoms with Crippen LogP contribution in [-0.4, -0.2) is 19.6 Å². The van der Waals surface area contributed by atoms with E-state index in [-0.39, 0.29) is 5.57 Å². The summed E-state index contributed by atoms with van der Waals surface area (Å²) >= 11 is 5.91. The Morgan fingerprint density at radius 3 is 2.90 bits per heavy atom. The Morgan fingerprint density at radius 1 is 1.52 bits per heavy atom. The van der Waals surface area contributed by atoms with Gasteiger partial charge in [0, 0.05) is 17.8 Å². The van der Waals surface area contributed by atoms with E-state index in [0.717, 1.165) is 12.8 Å². The molecule has 0 saturated carbocycles. The summed E-state index contributed by atoms with van der Waals surface area (Å²) in [6.07, 6.45) is 3.19. The number of hydrogen-bond acceptors (Lipinski definition) is 4. The number of amides is 1. The molecule has 0 fully saturated rings. The number of nitriles is 1. The summed E-state index contributed by atoms with van der Waals surface area (Å²) in [6.45, 7) is 2.58. The summed E-state index contributed by atoms with van der Waals surface area (Å²) in [5.74, 6) is 0.166. The number of ether oxygens (including phenoxy) is 1. The van der Waals surface area contributed by atoms with Crippen molar-refractivity contribution in [3.05, 3.63) is 35.0 Å². The third-order valence-electron chi connectivity index (χ3n) is 2.71. The molecule has 5 nitrogen and oxygen atoms in total. The third kappa shape index (κ3) is 5.36. The van der Waals surface area contributed by atoms with Gasteiger partial charge in [-0.3, -0.25) is 4.79 Å². The van der Waals surface area contributed by atoms with Crippen molar-refractivity contribution >= 4 is 23.2 Å². The lowest BCUT2D eigenvalue weighted by Gasteiger charge is -2.09. The van der Waals surface area contributed by atoms with Crippen molar-refractivity contribution < 1.29 is 9.53 Å². The molecule has 1 rings (SSSR count). The van der Waals surface area contributed by atoms with Gasteiger partial charge < -0.3 is 15.4 Å². The molecule has 6 heteroatoms. The van der Waals surface area contributed by atoms with Crippen LogP contribution in [0.3, 0.4) is 0 Å². The lowest BCUT2D eigenvalue weighted by atomic mass is 10.2. The molecule has 2 N–H and O–H groups in total. The SMILES string of the molecule is CCCCNC(=O)/C(C#N)=C\Nc1cc(Cl)ccc1OC. The number of methoxy groups -OCH3 is 1. The van der Waals surface area contributed by atoms with E-state index in [1.165, 1.54) is 13.3 Å². The smallest absolute Gasteiger partial charge is 0.263 e. The number of halogens is 1. The zero-order valence-electron chi connectivity index (χ0n) is 12.1. The Bertz CT molecular complexity index is 565. The molecule has 1 aromatic rings. The lowest BCUT2D eigenvalue weighted by Crippen LogP contribution is -2.25. The minimum absolute atomic E-state index is 0.00636. The number of nitrogens with zero attached hydrogens (tertiary/aromatic N) is 1. The van der Waals surface area contributed by atoms with E-state index in [2.05, 4.69) is 10.6 Å². The Kier molecular flexibility index (Phi) is 7.13. The predicted octanol–water partition coefficient (Wildman–Crippen LogP) is 3.08. The number of anilines is 1. The third-order valence-corrected chi connectivity index (χ3v) is 2.95. The van der Waals surface area contributed by atoms with Crippen LogP contribution in [0.2, 0.25) is 5.02 Å². The molecule has 0 heterocycles. The van der Waals surface area contributed by atoms with E-state index in [9.17, 15) is 4.79 Å². The second-order valence-corrected chi connectivity index (χ2v) is 4.70. The van der Waals surface area contributed by atoms with Crippen LogP contribution in [0.25, 0.3) is 0 Å². The van der Waals surface area contributed by atoms with Gasteiger partial charge in [-0.1, -0.05) is 24.9 Å². The minimum Gasteiger partial charge on any atom is -0.495 e. The molecule has 0 aliphatic heterocycles. The summed E-state index contributed by atoms with van der Waals surface area (Å²) in [6, 6.07) is 6.91. The molecule has 21 heavy (non-hydrogen) atoms. The van der Waals surface area contributed by atoms with Gasteiger partial charge in [0.05, 0.1) is 12.8 Å². The largest absolute Gasteiger partial charge is 0.495 e. The lowest BCUT2D eigenvalue weighted by molar-refractivity contribution is -0.117. The Balaban J connectivity index is 2.79. The van der Waals surface area contributed by atoms with Crippen LogP contribution in [0.1, 0.15) is 19.8 Å². The van der Waals surface area contributed by atoms with Crippen LogP contribution in [0.5, 0.6) is 5.75 Å². The highest BCUT2D eigenvalue weighted by atomic mass is 35.5. The Hall–Kier alpha value is -2.19. The number of benzene rings is 1. The maximum Gasteiger partial charge on any atom is 0.263 e. The van der Waals surface area contributed by atoms with Gasteiger partial charge in [-0.15, -0.1) is 0 Å². The van der Waals surface area contributed by atoms with Crippen molar-refractivity contribution in [2.45, 2.75) is 19.8 Å². The van der Waals surface area contributed by atoms with Gasteiger partial charge in [-0.05, 0) is 24.6 Å². The highest BCUT2D eigenvalue weighted by Gasteiger charge is 2.09. The van der Waals surface area contributed by atoms with E-state index >= 15 is 0 Å². The number of nitrogens with one attached hydrogen (secondary N) is 2. The average Bonchev–Trinajstić information content (AvgIpc) is 2.48. The van der Waals surface area contributed by atoms with Crippen molar-refractivity contribution in [1.29, 1.82) is 5.26 Å². The fourth-order valence-corrected chi connectivity index (χ4v) is 1.74. The first-order chi connectivity index (χ1) is 10.1. The summed E-state index contributed by atoms with van der Waals surface area (Å²) in [5.41, 5.74) is 0.576. The highest BCUT2D eigenvalue weighted by Crippen LogP contribution is 2.27. The van der Waals surface area contributed by atoms with E-state index in [4.69, 9.17) is 21.6 Å². The highest BCUT2D eigenvalue weighted by molar-refractivity contribution is 6.30. The number of hydrogen-bond donors (Lipinski definition) is 2. The summed E-state index contributed by atoms with van der Waals surface area (Å²) < 4.78 is 5.17. The summed E-state index contributed by atoms with van der Waals surface area (Å²) in [5, 5.41) is 15.1. The predicted molar refractivity (Wildman–Crippen MR) is 83.2 cm³/mol. The molecule has 112 valence electrons. The molecule has 0 saturated heterocycles. The van der Waals surface area contributed by atoms with Gasteiger partial charge in [0.25, 0.3) is 5.91 Å². The quantitative estimate of drug-likeness (QED) is 0.461. The fraction of sp³-hybridized carbons (Fsp3) is 0.333. The topological polar surface area (TPSA) is 74.2 Å². The average molecular weight is 308 g/mol. The normalized spacial score (nSPS) is 10.7. The molecule has 0 aliphatic rings. The van der Waals surface area contributed by atoms with Crippen molar-refractivity contribution in [3.63, 3.8) is 0 Å². The summed E-state index contributed by atoms with van der Waals surface area (Å²) in [4.78, 5) is 11.8. The van der Waals surface area contributed by atoms with E-state index in [1.54, 1.807) is 18.2 Å². The van der Waals surface area contributed by atoms with Gasteiger partial charge in [0.2, 0.25) is 0 Å². The van der Waals surface area contributed by atoms with E-state index in [0.29, 0.717) is 23.0 Å². The van der Waals surface area contributed by atoms with Gasteiger partial charge >= 0.3 is 0 Å². The first-order valence-electron chi connectivity index (χ1n) is 6.61. The summed E-state index contributed by atoms with van der Waals surface area (Å²) in [7, 11) is 1.53.